The van der Waals surface area contributed by atoms with Gasteiger partial charge in [0, 0.05) is 29.6 Å². The summed E-state index contributed by atoms with van der Waals surface area (Å²) < 4.78 is 4.90. The maximum atomic E-state index is 14.1. The van der Waals surface area contributed by atoms with Gasteiger partial charge < -0.3 is 25.2 Å². The number of halogens is 1. The van der Waals surface area contributed by atoms with Crippen molar-refractivity contribution in [1.82, 2.24) is 20.4 Å². The van der Waals surface area contributed by atoms with Crippen LogP contribution in [0.15, 0.2) is 35.9 Å². The van der Waals surface area contributed by atoms with E-state index in [-0.39, 0.29) is 23.6 Å². The molecular formula is C33H51ClN4O5. The molecule has 1 aliphatic heterocycles. The zero-order chi connectivity index (χ0) is 32.9. The number of hydrogen-bond donors (Lipinski definition) is 2. The zero-order valence-corrected chi connectivity index (χ0v) is 28.5. The molecule has 1 aliphatic rings. The van der Waals surface area contributed by atoms with E-state index in [0.717, 1.165) is 12.0 Å². The first-order chi connectivity index (χ1) is 19.9. The van der Waals surface area contributed by atoms with Gasteiger partial charge in [-0.15, -0.1) is 0 Å². The number of hydrogen-bond acceptors (Lipinski definition) is 6. The third kappa shape index (κ3) is 8.60. The van der Waals surface area contributed by atoms with Crippen LogP contribution in [0.5, 0.6) is 0 Å². The van der Waals surface area contributed by atoms with E-state index >= 15 is 0 Å². The highest BCUT2D eigenvalue weighted by Gasteiger charge is 2.42. The van der Waals surface area contributed by atoms with Crippen LogP contribution in [0, 0.1) is 11.3 Å². The molecule has 1 heterocycles. The van der Waals surface area contributed by atoms with Crippen LogP contribution < -0.4 is 10.6 Å². The minimum Gasteiger partial charge on any atom is -0.467 e. The average Bonchev–Trinajstić information content (AvgIpc) is 3.42. The van der Waals surface area contributed by atoms with Gasteiger partial charge in [-0.1, -0.05) is 78.3 Å². The number of methoxy groups -OCH3 is 1. The molecule has 0 aromatic heterocycles. The van der Waals surface area contributed by atoms with E-state index in [9.17, 15) is 19.2 Å². The molecule has 0 unspecified atom stereocenters. The molecule has 1 fully saturated rings. The average molecular weight is 619 g/mol. The molecule has 3 amide bonds. The fourth-order valence-electron chi connectivity index (χ4n) is 5.80. The van der Waals surface area contributed by atoms with Crippen LogP contribution in [-0.4, -0.2) is 85.4 Å². The lowest BCUT2D eigenvalue weighted by molar-refractivity contribution is -0.149. The van der Waals surface area contributed by atoms with Crippen LogP contribution in [0.4, 0.5) is 0 Å². The van der Waals surface area contributed by atoms with E-state index in [0.29, 0.717) is 23.6 Å². The lowest BCUT2D eigenvalue weighted by Gasteiger charge is -2.40. The van der Waals surface area contributed by atoms with E-state index in [1.807, 2.05) is 66.7 Å². The zero-order valence-electron chi connectivity index (χ0n) is 27.7. The number of benzene rings is 1. The third-order valence-corrected chi connectivity index (χ3v) is 8.70. The minimum atomic E-state index is -0.844. The maximum Gasteiger partial charge on any atom is 0.328 e. The van der Waals surface area contributed by atoms with Crippen molar-refractivity contribution in [2.24, 2.45) is 11.3 Å². The first-order valence-electron chi connectivity index (χ1n) is 15.0. The Morgan fingerprint density at radius 2 is 1.74 bits per heavy atom. The van der Waals surface area contributed by atoms with Gasteiger partial charge in [-0.05, 0) is 55.8 Å². The van der Waals surface area contributed by atoms with Crippen LogP contribution in [0.2, 0.25) is 5.02 Å². The van der Waals surface area contributed by atoms with Crippen LogP contribution in [-0.2, 0) is 29.3 Å². The summed E-state index contributed by atoms with van der Waals surface area (Å²) in [6.07, 6.45) is 3.07. The summed E-state index contributed by atoms with van der Waals surface area (Å²) in [4.78, 5) is 56.7. The van der Waals surface area contributed by atoms with Crippen molar-refractivity contribution in [2.75, 3.05) is 27.7 Å². The van der Waals surface area contributed by atoms with E-state index < -0.39 is 41.0 Å². The first-order valence-corrected chi connectivity index (χ1v) is 15.3. The minimum absolute atomic E-state index is 0.0326. The molecule has 0 radical (unpaired) electrons. The summed E-state index contributed by atoms with van der Waals surface area (Å²) in [7, 11) is 4.74. The van der Waals surface area contributed by atoms with Gasteiger partial charge in [0.05, 0.1) is 19.2 Å². The fraction of sp³-hybridized carbons (Fsp3) is 0.636. The standard InChI is InChI=1S/C33H51ClN4O5/c1-20(2)25(18-21(3)29(40)38-17-13-16-24(38)31(42)43-11)37(10)30(41)27(32(4,5)6)36-28(39)26(35-9)33(7,8)22-14-12-15-23(34)19-22/h12,14-15,18-20,24-27,35H,13,16-17H2,1-11H3,(H,36,39)/b21-18+/t24-,25+,26+,27+/m0/s1. The maximum absolute atomic E-state index is 14.1. The fourth-order valence-corrected chi connectivity index (χ4v) is 5.99. The molecule has 10 heteroatoms. The molecule has 2 N–H and O–H groups in total. The Morgan fingerprint density at radius 3 is 2.26 bits per heavy atom. The number of esters is 1. The topological polar surface area (TPSA) is 108 Å². The Balaban J connectivity index is 2.35. The van der Waals surface area contributed by atoms with E-state index in [4.69, 9.17) is 16.3 Å². The second kappa shape index (κ2) is 14.7. The van der Waals surface area contributed by atoms with E-state index in [1.165, 1.54) is 7.11 Å². The molecule has 240 valence electrons. The number of nitrogens with one attached hydrogen (secondary N) is 2. The van der Waals surface area contributed by atoms with Crippen molar-refractivity contribution in [2.45, 2.75) is 97.8 Å². The van der Waals surface area contributed by atoms with Crippen molar-refractivity contribution < 1.29 is 23.9 Å². The van der Waals surface area contributed by atoms with Crippen LogP contribution >= 0.6 is 11.6 Å². The Bertz CT molecular complexity index is 1210. The summed E-state index contributed by atoms with van der Waals surface area (Å²) >= 11 is 6.25. The predicted molar refractivity (Wildman–Crippen MR) is 171 cm³/mol. The molecule has 1 aromatic rings. The Kier molecular flexibility index (Phi) is 12.4. The number of nitrogens with zero attached hydrogens (tertiary/aromatic N) is 2. The normalized spacial score (nSPS) is 18.2. The van der Waals surface area contributed by atoms with E-state index in [1.54, 1.807) is 43.0 Å². The Hall–Kier alpha value is -2.91. The van der Waals surface area contributed by atoms with Crippen LogP contribution in [0.1, 0.15) is 73.8 Å². The number of ether oxygens (including phenoxy) is 1. The van der Waals surface area contributed by atoms with Crippen molar-refractivity contribution >= 4 is 35.3 Å². The molecule has 0 saturated carbocycles. The highest BCUT2D eigenvalue weighted by molar-refractivity contribution is 6.30. The second-order valence-corrected chi connectivity index (χ2v) is 13.9. The summed E-state index contributed by atoms with van der Waals surface area (Å²) in [5.74, 6) is -1.27. The summed E-state index contributed by atoms with van der Waals surface area (Å²) in [5, 5.41) is 6.77. The molecule has 0 aliphatic carbocycles. The number of likely N-dealkylation sites (tertiary alicyclic amines) is 1. The smallest absolute Gasteiger partial charge is 0.328 e. The van der Waals surface area contributed by atoms with Crippen LogP contribution in [0.25, 0.3) is 0 Å². The van der Waals surface area contributed by atoms with Gasteiger partial charge in [0.2, 0.25) is 17.7 Å². The van der Waals surface area contributed by atoms with E-state index in [2.05, 4.69) is 10.6 Å². The molecule has 4 atom stereocenters. The summed E-state index contributed by atoms with van der Waals surface area (Å²) in [6, 6.07) is 4.89. The Labute approximate surface area is 262 Å². The van der Waals surface area contributed by atoms with Gasteiger partial charge in [-0.25, -0.2) is 4.79 Å². The van der Waals surface area contributed by atoms with Crippen molar-refractivity contribution in [1.29, 1.82) is 0 Å². The molecule has 0 spiro atoms. The van der Waals surface area contributed by atoms with Gasteiger partial charge in [-0.3, -0.25) is 14.4 Å². The predicted octanol–water partition coefficient (Wildman–Crippen LogP) is 4.33. The van der Waals surface area contributed by atoms with Crippen LogP contribution in [0.3, 0.4) is 0 Å². The largest absolute Gasteiger partial charge is 0.467 e. The van der Waals surface area contributed by atoms with Gasteiger partial charge in [0.15, 0.2) is 0 Å². The van der Waals surface area contributed by atoms with Gasteiger partial charge in [0.1, 0.15) is 12.1 Å². The molecule has 0 bridgehead atoms. The highest BCUT2D eigenvalue weighted by atomic mass is 35.5. The first kappa shape index (κ1) is 36.3. The number of carbonyl (C=O) groups excluding carboxylic acids is 4. The molecule has 1 saturated heterocycles. The molecular weight excluding hydrogens is 568 g/mol. The Morgan fingerprint density at radius 1 is 1.12 bits per heavy atom. The monoisotopic (exact) mass is 618 g/mol. The van der Waals surface area contributed by atoms with Crippen molar-refractivity contribution in [3.05, 3.63) is 46.5 Å². The third-order valence-electron chi connectivity index (χ3n) is 8.46. The quantitative estimate of drug-likeness (QED) is 0.282. The van der Waals surface area contributed by atoms with Crippen molar-refractivity contribution in [3.63, 3.8) is 0 Å². The van der Waals surface area contributed by atoms with Gasteiger partial charge in [-0.2, -0.15) is 0 Å². The number of carbonyl (C=O) groups is 4. The number of amides is 3. The van der Waals surface area contributed by atoms with Gasteiger partial charge >= 0.3 is 5.97 Å². The highest BCUT2D eigenvalue weighted by Crippen LogP contribution is 2.31. The molecule has 1 aromatic carbocycles. The molecule has 9 nitrogen and oxygen atoms in total. The number of rotatable bonds is 11. The number of likely N-dealkylation sites (N-methyl/N-ethyl adjacent to an activating group) is 2. The van der Waals surface area contributed by atoms with Gasteiger partial charge in [0.25, 0.3) is 0 Å². The summed E-state index contributed by atoms with van der Waals surface area (Å²) in [5.41, 5.74) is 0.0880. The van der Waals surface area contributed by atoms with Crippen molar-refractivity contribution in [3.8, 4) is 0 Å². The SMILES string of the molecule is CN[C@H](C(=O)N[C@H](C(=O)N(C)[C@H](/C=C(\C)C(=O)N1CCC[C@H]1C(=O)OC)C(C)C)C(C)(C)C)C(C)(C)c1cccc(Cl)c1. The molecule has 2 rings (SSSR count). The second-order valence-electron chi connectivity index (χ2n) is 13.5. The lowest BCUT2D eigenvalue weighted by atomic mass is 9.76. The summed E-state index contributed by atoms with van der Waals surface area (Å²) in [6.45, 7) is 15.8. The molecule has 43 heavy (non-hydrogen) atoms. The lowest BCUT2D eigenvalue weighted by Crippen LogP contribution is -2.61.